The Hall–Kier alpha value is -1.29. The van der Waals surface area contributed by atoms with Crippen LogP contribution >= 0.6 is 15.9 Å². The molecule has 4 heteroatoms. The SMILES string of the molecule is C=C(C)NC(=O)Nc1ccc(Br)c(C)c1. The molecule has 0 heterocycles. The van der Waals surface area contributed by atoms with Gasteiger partial charge in [-0.1, -0.05) is 22.5 Å². The number of rotatable bonds is 2. The summed E-state index contributed by atoms with van der Waals surface area (Å²) in [5.74, 6) is 0. The van der Waals surface area contributed by atoms with Crippen LogP contribution < -0.4 is 10.6 Å². The van der Waals surface area contributed by atoms with Crippen molar-refractivity contribution in [3.05, 3.63) is 40.5 Å². The molecule has 2 N–H and O–H groups in total. The number of aryl methyl sites for hydroxylation is 1. The van der Waals surface area contributed by atoms with Crippen LogP contribution in [0.2, 0.25) is 0 Å². The normalized spacial score (nSPS) is 9.53. The smallest absolute Gasteiger partial charge is 0.312 e. The number of allylic oxidation sites excluding steroid dienone is 1. The molecule has 0 saturated heterocycles. The number of amides is 2. The van der Waals surface area contributed by atoms with Crippen LogP contribution in [0, 0.1) is 6.92 Å². The minimum atomic E-state index is -0.274. The Labute approximate surface area is 97.7 Å². The van der Waals surface area contributed by atoms with Gasteiger partial charge in [0, 0.05) is 15.9 Å². The fourth-order valence-electron chi connectivity index (χ4n) is 1.08. The summed E-state index contributed by atoms with van der Waals surface area (Å²) in [6, 6.07) is 5.34. The van der Waals surface area contributed by atoms with Gasteiger partial charge in [0.25, 0.3) is 0 Å². The second kappa shape index (κ2) is 4.98. The molecule has 1 rings (SSSR count). The van der Waals surface area contributed by atoms with Crippen molar-refractivity contribution in [3.8, 4) is 0 Å². The molecule has 1 aromatic rings. The van der Waals surface area contributed by atoms with Crippen LogP contribution in [-0.2, 0) is 0 Å². The third-order valence-electron chi connectivity index (χ3n) is 1.74. The first-order valence-electron chi connectivity index (χ1n) is 4.48. The highest BCUT2D eigenvalue weighted by molar-refractivity contribution is 9.10. The molecule has 0 aromatic heterocycles. The topological polar surface area (TPSA) is 41.1 Å². The molecule has 80 valence electrons. The number of hydrogen-bond acceptors (Lipinski definition) is 1. The van der Waals surface area contributed by atoms with E-state index in [0.29, 0.717) is 5.70 Å². The molecular weight excluding hydrogens is 256 g/mol. The Balaban J connectivity index is 2.69. The summed E-state index contributed by atoms with van der Waals surface area (Å²) in [6.07, 6.45) is 0. The van der Waals surface area contributed by atoms with Gasteiger partial charge in [0.1, 0.15) is 0 Å². The number of carbonyl (C=O) groups excluding carboxylic acids is 1. The maximum atomic E-state index is 11.3. The first-order valence-corrected chi connectivity index (χ1v) is 5.28. The van der Waals surface area contributed by atoms with Crippen LogP contribution in [0.5, 0.6) is 0 Å². The molecule has 0 radical (unpaired) electrons. The van der Waals surface area contributed by atoms with Crippen molar-refractivity contribution < 1.29 is 4.79 Å². The summed E-state index contributed by atoms with van der Waals surface area (Å²) in [7, 11) is 0. The monoisotopic (exact) mass is 268 g/mol. The summed E-state index contributed by atoms with van der Waals surface area (Å²) >= 11 is 3.39. The lowest BCUT2D eigenvalue weighted by atomic mass is 10.2. The molecule has 0 aliphatic rings. The second-order valence-corrected chi connectivity index (χ2v) is 4.18. The maximum Gasteiger partial charge on any atom is 0.323 e. The molecule has 0 saturated carbocycles. The zero-order chi connectivity index (χ0) is 11.4. The van der Waals surface area contributed by atoms with Crippen molar-refractivity contribution in [2.24, 2.45) is 0 Å². The van der Waals surface area contributed by atoms with Crippen LogP contribution in [-0.4, -0.2) is 6.03 Å². The summed E-state index contributed by atoms with van der Waals surface area (Å²) in [5.41, 5.74) is 2.44. The number of urea groups is 1. The van der Waals surface area contributed by atoms with Crippen LogP contribution in [0.3, 0.4) is 0 Å². The molecule has 1 aromatic carbocycles. The second-order valence-electron chi connectivity index (χ2n) is 3.32. The van der Waals surface area contributed by atoms with Gasteiger partial charge >= 0.3 is 6.03 Å². The van der Waals surface area contributed by atoms with E-state index in [2.05, 4.69) is 33.1 Å². The van der Waals surface area contributed by atoms with Crippen LogP contribution in [0.1, 0.15) is 12.5 Å². The van der Waals surface area contributed by atoms with Gasteiger partial charge in [-0.2, -0.15) is 0 Å². The number of nitrogens with one attached hydrogen (secondary N) is 2. The summed E-state index contributed by atoms with van der Waals surface area (Å²) in [6.45, 7) is 7.28. The standard InChI is InChI=1S/C11H13BrN2O/c1-7(2)13-11(15)14-9-4-5-10(12)8(3)6-9/h4-6H,1H2,2-3H3,(H2,13,14,15). The van der Waals surface area contributed by atoms with Gasteiger partial charge in [0.05, 0.1) is 0 Å². The molecule has 0 bridgehead atoms. The van der Waals surface area contributed by atoms with E-state index in [4.69, 9.17) is 0 Å². The number of anilines is 1. The van der Waals surface area contributed by atoms with Gasteiger partial charge in [-0.05, 0) is 37.6 Å². The minimum absolute atomic E-state index is 0.274. The fourth-order valence-corrected chi connectivity index (χ4v) is 1.33. The Morgan fingerprint density at radius 1 is 1.47 bits per heavy atom. The van der Waals surface area contributed by atoms with E-state index >= 15 is 0 Å². The maximum absolute atomic E-state index is 11.3. The molecule has 15 heavy (non-hydrogen) atoms. The zero-order valence-electron chi connectivity index (χ0n) is 8.73. The highest BCUT2D eigenvalue weighted by Gasteiger charge is 2.02. The van der Waals surface area contributed by atoms with Crippen molar-refractivity contribution in [1.29, 1.82) is 0 Å². The van der Waals surface area contributed by atoms with Crippen LogP contribution in [0.15, 0.2) is 34.9 Å². The third kappa shape index (κ3) is 3.75. The van der Waals surface area contributed by atoms with Crippen LogP contribution in [0.25, 0.3) is 0 Å². The molecule has 0 atom stereocenters. The van der Waals surface area contributed by atoms with Crippen molar-refractivity contribution in [3.63, 3.8) is 0 Å². The highest BCUT2D eigenvalue weighted by atomic mass is 79.9. The predicted molar refractivity (Wildman–Crippen MR) is 65.8 cm³/mol. The van der Waals surface area contributed by atoms with E-state index in [9.17, 15) is 4.79 Å². The van der Waals surface area contributed by atoms with Gasteiger partial charge in [-0.15, -0.1) is 0 Å². The van der Waals surface area contributed by atoms with Gasteiger partial charge in [-0.25, -0.2) is 4.79 Å². The molecule has 0 aliphatic heterocycles. The lowest BCUT2D eigenvalue weighted by Crippen LogP contribution is -2.26. The lowest BCUT2D eigenvalue weighted by molar-refractivity contribution is 0.254. The van der Waals surface area contributed by atoms with Crippen molar-refractivity contribution >= 4 is 27.6 Å². The summed E-state index contributed by atoms with van der Waals surface area (Å²) < 4.78 is 1.02. The Kier molecular flexibility index (Phi) is 3.91. The largest absolute Gasteiger partial charge is 0.323 e. The van der Waals surface area contributed by atoms with E-state index in [1.54, 1.807) is 6.92 Å². The Bertz CT molecular complexity index is 402. The fraction of sp³-hybridized carbons (Fsp3) is 0.182. The number of halogens is 1. The Morgan fingerprint density at radius 3 is 2.67 bits per heavy atom. The van der Waals surface area contributed by atoms with Crippen molar-refractivity contribution in [1.82, 2.24) is 5.32 Å². The van der Waals surface area contributed by atoms with Gasteiger partial charge in [0.15, 0.2) is 0 Å². The van der Waals surface area contributed by atoms with Gasteiger partial charge < -0.3 is 10.6 Å². The van der Waals surface area contributed by atoms with E-state index in [-0.39, 0.29) is 6.03 Å². The third-order valence-corrected chi connectivity index (χ3v) is 2.63. The molecular formula is C11H13BrN2O. The number of carbonyl (C=O) groups is 1. The summed E-state index contributed by atoms with van der Waals surface area (Å²) in [5, 5.41) is 5.28. The molecule has 3 nitrogen and oxygen atoms in total. The molecule has 0 unspecified atom stereocenters. The van der Waals surface area contributed by atoms with Gasteiger partial charge in [0.2, 0.25) is 0 Å². The van der Waals surface area contributed by atoms with E-state index in [1.807, 2.05) is 25.1 Å². The molecule has 0 fully saturated rings. The first kappa shape index (κ1) is 11.8. The van der Waals surface area contributed by atoms with Crippen molar-refractivity contribution in [2.75, 3.05) is 5.32 Å². The summed E-state index contributed by atoms with van der Waals surface area (Å²) in [4.78, 5) is 11.3. The molecule has 2 amide bonds. The number of benzene rings is 1. The molecule has 0 aliphatic carbocycles. The lowest BCUT2D eigenvalue weighted by Gasteiger charge is -2.08. The predicted octanol–water partition coefficient (Wildman–Crippen LogP) is 3.41. The number of hydrogen-bond donors (Lipinski definition) is 2. The van der Waals surface area contributed by atoms with E-state index in [0.717, 1.165) is 15.7 Å². The zero-order valence-corrected chi connectivity index (χ0v) is 10.3. The van der Waals surface area contributed by atoms with E-state index in [1.165, 1.54) is 0 Å². The Morgan fingerprint density at radius 2 is 2.13 bits per heavy atom. The average Bonchev–Trinajstić information content (AvgIpc) is 2.10. The first-order chi connectivity index (χ1) is 6.99. The van der Waals surface area contributed by atoms with Gasteiger partial charge in [-0.3, -0.25) is 0 Å². The minimum Gasteiger partial charge on any atom is -0.312 e. The van der Waals surface area contributed by atoms with Crippen molar-refractivity contribution in [2.45, 2.75) is 13.8 Å². The quantitative estimate of drug-likeness (QED) is 0.848. The van der Waals surface area contributed by atoms with Crippen LogP contribution in [0.4, 0.5) is 10.5 Å². The highest BCUT2D eigenvalue weighted by Crippen LogP contribution is 2.19. The molecule has 0 spiro atoms. The van der Waals surface area contributed by atoms with E-state index < -0.39 is 0 Å². The average molecular weight is 269 g/mol.